The highest BCUT2D eigenvalue weighted by atomic mass is 79.9. The highest BCUT2D eigenvalue weighted by Crippen LogP contribution is 2.17. The molecule has 0 unspecified atom stereocenters. The molecule has 0 bridgehead atoms. The molecule has 0 aliphatic carbocycles. The second kappa shape index (κ2) is 12.3. The van der Waals surface area contributed by atoms with Gasteiger partial charge in [0.05, 0.1) is 29.0 Å². The number of nitrogens with one attached hydrogen (secondary N) is 2. The number of anilines is 1. The van der Waals surface area contributed by atoms with E-state index in [1.165, 1.54) is 0 Å². The summed E-state index contributed by atoms with van der Waals surface area (Å²) in [6, 6.07) is 13.2. The van der Waals surface area contributed by atoms with E-state index in [9.17, 15) is 13.2 Å². The molecule has 0 spiro atoms. The summed E-state index contributed by atoms with van der Waals surface area (Å²) in [7, 11) is -3.72. The van der Waals surface area contributed by atoms with Crippen molar-refractivity contribution < 1.29 is 17.9 Å². The summed E-state index contributed by atoms with van der Waals surface area (Å²) < 4.78 is 34.1. The lowest BCUT2D eigenvalue weighted by molar-refractivity contribution is -0.142. The number of ether oxygens (including phenoxy) is 1. The van der Waals surface area contributed by atoms with Gasteiger partial charge in [-0.05, 0) is 55.3 Å². The molecule has 1 atom stereocenters. The number of esters is 1. The minimum absolute atomic E-state index is 0.184. The molecule has 0 amide bonds. The summed E-state index contributed by atoms with van der Waals surface area (Å²) >= 11 is 8.84. The Morgan fingerprint density at radius 3 is 2.32 bits per heavy atom. The van der Waals surface area contributed by atoms with E-state index in [0.717, 1.165) is 28.6 Å². The second-order valence-corrected chi connectivity index (χ2v) is 10.0. The molecular weight excluding hydrogens is 500 g/mol. The van der Waals surface area contributed by atoms with Gasteiger partial charge >= 0.3 is 5.97 Å². The minimum Gasteiger partial charge on any atom is -0.466 e. The van der Waals surface area contributed by atoms with Gasteiger partial charge < -0.3 is 10.1 Å². The van der Waals surface area contributed by atoms with E-state index >= 15 is 0 Å². The highest BCUT2D eigenvalue weighted by Gasteiger charge is 2.23. The van der Waals surface area contributed by atoms with Crippen molar-refractivity contribution in [2.24, 2.45) is 0 Å². The monoisotopic (exact) mass is 526 g/mol. The Morgan fingerprint density at radius 1 is 1.10 bits per heavy atom. The van der Waals surface area contributed by atoms with E-state index in [1.807, 2.05) is 19.1 Å². The SMILES string of the molecule is CCCC[C@H](NS(=O)(=O)c1ccc(Br)cc1)C(=S)Nc1ccc(CC(=O)OCC)cc1. The topological polar surface area (TPSA) is 84.5 Å². The first-order chi connectivity index (χ1) is 14.7. The highest BCUT2D eigenvalue weighted by molar-refractivity contribution is 9.10. The van der Waals surface area contributed by atoms with Crippen LogP contribution >= 0.6 is 28.1 Å². The lowest BCUT2D eigenvalue weighted by Gasteiger charge is -2.21. The van der Waals surface area contributed by atoms with Crippen molar-refractivity contribution in [3.05, 3.63) is 58.6 Å². The number of halogens is 1. The Hall–Kier alpha value is -1.81. The smallest absolute Gasteiger partial charge is 0.310 e. The summed E-state index contributed by atoms with van der Waals surface area (Å²) in [5.41, 5.74) is 1.55. The molecule has 2 aromatic rings. The number of rotatable bonds is 11. The summed E-state index contributed by atoms with van der Waals surface area (Å²) in [4.78, 5) is 12.2. The van der Waals surface area contributed by atoms with Gasteiger partial charge in [-0.1, -0.05) is 60.0 Å². The average Bonchev–Trinajstić information content (AvgIpc) is 2.73. The molecule has 9 heteroatoms. The van der Waals surface area contributed by atoms with Gasteiger partial charge in [0, 0.05) is 10.2 Å². The van der Waals surface area contributed by atoms with Crippen LogP contribution in [0.5, 0.6) is 0 Å². The number of carbonyl (C=O) groups excluding carboxylic acids is 1. The molecule has 2 rings (SSSR count). The van der Waals surface area contributed by atoms with Crippen LogP contribution in [0.15, 0.2) is 57.9 Å². The third kappa shape index (κ3) is 8.33. The van der Waals surface area contributed by atoms with Gasteiger partial charge in [0.1, 0.15) is 0 Å². The zero-order valence-electron chi connectivity index (χ0n) is 17.6. The van der Waals surface area contributed by atoms with E-state index in [1.54, 1.807) is 43.3 Å². The van der Waals surface area contributed by atoms with Gasteiger partial charge in [-0.2, -0.15) is 0 Å². The van der Waals surface area contributed by atoms with Gasteiger partial charge in [0.25, 0.3) is 0 Å². The lowest BCUT2D eigenvalue weighted by Crippen LogP contribution is -2.42. The van der Waals surface area contributed by atoms with Crippen LogP contribution in [-0.4, -0.2) is 32.0 Å². The third-order valence-electron chi connectivity index (χ3n) is 4.46. The first-order valence-corrected chi connectivity index (χ1v) is 12.8. The molecular formula is C22H27BrN2O4S2. The van der Waals surface area contributed by atoms with Crippen molar-refractivity contribution >= 4 is 54.8 Å². The van der Waals surface area contributed by atoms with Gasteiger partial charge in [0.2, 0.25) is 10.0 Å². The fraction of sp³-hybridized carbons (Fsp3) is 0.364. The van der Waals surface area contributed by atoms with Crippen molar-refractivity contribution in [2.45, 2.75) is 50.5 Å². The minimum atomic E-state index is -3.72. The number of hydrogen-bond acceptors (Lipinski definition) is 5. The van der Waals surface area contributed by atoms with Gasteiger partial charge in [-0.15, -0.1) is 0 Å². The number of benzene rings is 2. The Kier molecular flexibility index (Phi) is 10.1. The maximum Gasteiger partial charge on any atom is 0.310 e. The van der Waals surface area contributed by atoms with E-state index in [0.29, 0.717) is 18.0 Å². The molecule has 2 N–H and O–H groups in total. The maximum atomic E-state index is 12.8. The molecule has 0 fully saturated rings. The van der Waals surface area contributed by atoms with Crippen LogP contribution in [0, 0.1) is 0 Å². The average molecular weight is 528 g/mol. The Labute approximate surface area is 197 Å². The molecule has 0 aliphatic heterocycles. The second-order valence-electron chi connectivity index (χ2n) is 6.94. The number of hydrogen-bond donors (Lipinski definition) is 2. The lowest BCUT2D eigenvalue weighted by atomic mass is 10.1. The van der Waals surface area contributed by atoms with Crippen LogP contribution in [-0.2, 0) is 26.0 Å². The van der Waals surface area contributed by atoms with Crippen LogP contribution in [0.2, 0.25) is 0 Å². The van der Waals surface area contributed by atoms with Gasteiger partial charge in [-0.25, -0.2) is 13.1 Å². The molecule has 0 saturated heterocycles. The first kappa shape index (κ1) is 25.5. The predicted molar refractivity (Wildman–Crippen MR) is 131 cm³/mol. The van der Waals surface area contributed by atoms with Crippen molar-refractivity contribution in [3.8, 4) is 0 Å². The van der Waals surface area contributed by atoms with E-state index in [2.05, 4.69) is 26.0 Å². The van der Waals surface area contributed by atoms with E-state index in [-0.39, 0.29) is 17.3 Å². The summed E-state index contributed by atoms with van der Waals surface area (Å²) in [6.07, 6.45) is 2.53. The van der Waals surface area contributed by atoms with Crippen molar-refractivity contribution in [1.29, 1.82) is 0 Å². The molecule has 6 nitrogen and oxygen atoms in total. The number of carbonyl (C=O) groups is 1. The van der Waals surface area contributed by atoms with Crippen LogP contribution in [0.25, 0.3) is 0 Å². The van der Waals surface area contributed by atoms with E-state index < -0.39 is 16.1 Å². The number of thiocarbonyl (C=S) groups is 1. The molecule has 0 saturated carbocycles. The molecule has 0 aliphatic rings. The quantitative estimate of drug-likeness (QED) is 0.322. The van der Waals surface area contributed by atoms with Crippen molar-refractivity contribution in [3.63, 3.8) is 0 Å². The molecule has 2 aromatic carbocycles. The van der Waals surface area contributed by atoms with Crippen molar-refractivity contribution in [2.75, 3.05) is 11.9 Å². The Morgan fingerprint density at radius 2 is 1.74 bits per heavy atom. The first-order valence-electron chi connectivity index (χ1n) is 10.1. The largest absolute Gasteiger partial charge is 0.466 e. The fourth-order valence-electron chi connectivity index (χ4n) is 2.83. The number of sulfonamides is 1. The third-order valence-corrected chi connectivity index (χ3v) is 6.86. The standard InChI is InChI=1S/C22H27BrN2O4S2/c1-3-5-6-20(25-31(27,28)19-13-9-17(23)10-14-19)22(30)24-18-11-7-16(8-12-18)15-21(26)29-4-2/h7-14,20,25H,3-6,15H2,1-2H3,(H,24,30)/t20-/m0/s1. The molecule has 168 valence electrons. The summed E-state index contributed by atoms with van der Waals surface area (Å²) in [6.45, 7) is 4.16. The van der Waals surface area contributed by atoms with Gasteiger partial charge in [0.15, 0.2) is 0 Å². The zero-order valence-corrected chi connectivity index (χ0v) is 20.8. The Balaban J connectivity index is 2.08. The van der Waals surface area contributed by atoms with Crippen LogP contribution < -0.4 is 10.0 Å². The molecule has 0 radical (unpaired) electrons. The summed E-state index contributed by atoms with van der Waals surface area (Å²) in [5, 5.41) is 3.12. The fourth-order valence-corrected chi connectivity index (χ4v) is 4.71. The molecule has 31 heavy (non-hydrogen) atoms. The number of unbranched alkanes of at least 4 members (excludes halogenated alkanes) is 1. The maximum absolute atomic E-state index is 12.8. The Bertz CT molecular complexity index is 978. The normalized spacial score (nSPS) is 12.2. The van der Waals surface area contributed by atoms with Crippen LogP contribution in [0.1, 0.15) is 38.7 Å². The van der Waals surface area contributed by atoms with E-state index in [4.69, 9.17) is 17.0 Å². The summed E-state index contributed by atoms with van der Waals surface area (Å²) in [5.74, 6) is -0.277. The van der Waals surface area contributed by atoms with Gasteiger partial charge in [-0.3, -0.25) is 4.79 Å². The predicted octanol–water partition coefficient (Wildman–Crippen LogP) is 4.83. The van der Waals surface area contributed by atoms with Crippen molar-refractivity contribution in [1.82, 2.24) is 4.72 Å². The zero-order chi connectivity index (χ0) is 22.9. The molecule has 0 heterocycles. The molecule has 0 aromatic heterocycles. The van der Waals surface area contributed by atoms with Crippen LogP contribution in [0.3, 0.4) is 0 Å². The van der Waals surface area contributed by atoms with Crippen LogP contribution in [0.4, 0.5) is 5.69 Å².